The molecule has 0 fully saturated rings. The Balaban J connectivity index is 2.86. The van der Waals surface area contributed by atoms with E-state index in [4.69, 9.17) is 9.84 Å². The monoisotopic (exact) mass is 236 g/mol. The number of hydrogen-bond acceptors (Lipinski definition) is 3. The summed E-state index contributed by atoms with van der Waals surface area (Å²) in [6, 6.07) is 6.89. The van der Waals surface area contributed by atoms with Crippen LogP contribution in [0.25, 0.3) is 0 Å². The van der Waals surface area contributed by atoms with Crippen molar-refractivity contribution in [1.82, 2.24) is 0 Å². The molecule has 0 aliphatic carbocycles. The maximum Gasteiger partial charge on any atom is 0.308 e. The molecule has 0 saturated carbocycles. The second-order valence-electron chi connectivity index (χ2n) is 4.57. The molecule has 1 rings (SSSR count). The van der Waals surface area contributed by atoms with E-state index in [9.17, 15) is 9.59 Å². The second-order valence-corrected chi connectivity index (χ2v) is 4.57. The lowest BCUT2D eigenvalue weighted by Gasteiger charge is -2.23. The number of carbonyl (C=O) groups is 2. The van der Waals surface area contributed by atoms with Gasteiger partial charge in [0.05, 0.1) is 6.42 Å². The van der Waals surface area contributed by atoms with Gasteiger partial charge in [-0.2, -0.15) is 0 Å². The summed E-state index contributed by atoms with van der Waals surface area (Å²) in [5.41, 5.74) is 0.455. The van der Waals surface area contributed by atoms with Gasteiger partial charge in [-0.25, -0.2) is 0 Å². The quantitative estimate of drug-likeness (QED) is 0.644. The van der Waals surface area contributed by atoms with E-state index >= 15 is 0 Å². The Kier molecular flexibility index (Phi) is 3.89. The van der Waals surface area contributed by atoms with E-state index in [1.54, 1.807) is 24.3 Å². The van der Waals surface area contributed by atoms with E-state index in [2.05, 4.69) is 0 Å². The van der Waals surface area contributed by atoms with E-state index < -0.39 is 11.4 Å². The van der Waals surface area contributed by atoms with Crippen molar-refractivity contribution in [1.29, 1.82) is 0 Å². The predicted octanol–water partition coefficient (Wildman–Crippen LogP) is 2.36. The Morgan fingerprint density at radius 3 is 2.18 bits per heavy atom. The molecule has 0 aliphatic heterocycles. The van der Waals surface area contributed by atoms with Crippen molar-refractivity contribution in [3.05, 3.63) is 29.8 Å². The normalized spacial score (nSPS) is 11.0. The Morgan fingerprint density at radius 1 is 1.24 bits per heavy atom. The fourth-order valence-corrected chi connectivity index (χ4v) is 1.62. The minimum Gasteiger partial charge on any atom is -0.481 e. The first kappa shape index (κ1) is 13.2. The summed E-state index contributed by atoms with van der Waals surface area (Å²) in [5, 5.41) is 8.81. The number of carboxylic acid groups (broad SMARTS) is 1. The van der Waals surface area contributed by atoms with Crippen molar-refractivity contribution in [3.8, 4) is 5.75 Å². The molecule has 0 bridgehead atoms. The average Bonchev–Trinajstić information content (AvgIpc) is 2.15. The first-order valence-corrected chi connectivity index (χ1v) is 5.32. The number of hydrogen-bond donors (Lipinski definition) is 1. The maximum absolute atomic E-state index is 10.7. The summed E-state index contributed by atoms with van der Waals surface area (Å²) in [4.78, 5) is 21.5. The van der Waals surface area contributed by atoms with E-state index in [1.165, 1.54) is 6.92 Å². The zero-order valence-electron chi connectivity index (χ0n) is 10.2. The maximum atomic E-state index is 10.7. The first-order chi connectivity index (χ1) is 7.81. The molecule has 0 atom stereocenters. The van der Waals surface area contributed by atoms with Crippen LogP contribution in [0.5, 0.6) is 5.75 Å². The Hall–Kier alpha value is -1.84. The number of rotatable bonds is 4. The van der Waals surface area contributed by atoms with Crippen LogP contribution in [0, 0.1) is 0 Å². The highest BCUT2D eigenvalue weighted by Gasteiger charge is 2.23. The Bertz CT molecular complexity index is 418. The van der Waals surface area contributed by atoms with Crippen molar-refractivity contribution in [2.75, 3.05) is 0 Å². The molecule has 92 valence electrons. The standard InChI is InChI=1S/C13H16O4/c1-9(14)17-11-6-4-10(5-7-11)13(2,3)8-12(15)16/h4-7H,8H2,1-3H3,(H,15,16). The molecule has 0 unspecified atom stereocenters. The molecule has 0 amide bonds. The molecule has 1 aromatic rings. The van der Waals surface area contributed by atoms with E-state index in [0.717, 1.165) is 5.56 Å². The van der Waals surface area contributed by atoms with Gasteiger partial charge in [0.15, 0.2) is 0 Å². The summed E-state index contributed by atoms with van der Waals surface area (Å²) in [5.74, 6) is -0.742. The van der Waals surface area contributed by atoms with Crippen molar-refractivity contribution in [2.24, 2.45) is 0 Å². The fraction of sp³-hybridized carbons (Fsp3) is 0.385. The van der Waals surface area contributed by atoms with Crippen LogP contribution in [-0.2, 0) is 15.0 Å². The fourth-order valence-electron chi connectivity index (χ4n) is 1.62. The molecular weight excluding hydrogens is 220 g/mol. The van der Waals surface area contributed by atoms with Gasteiger partial charge in [-0.3, -0.25) is 9.59 Å². The molecule has 0 aliphatic rings. The van der Waals surface area contributed by atoms with Gasteiger partial charge >= 0.3 is 11.9 Å². The molecule has 17 heavy (non-hydrogen) atoms. The number of ether oxygens (including phenoxy) is 1. The van der Waals surface area contributed by atoms with Crippen LogP contribution in [0.15, 0.2) is 24.3 Å². The first-order valence-electron chi connectivity index (χ1n) is 5.32. The predicted molar refractivity (Wildman–Crippen MR) is 63.0 cm³/mol. The Labute approximate surface area is 100 Å². The SMILES string of the molecule is CC(=O)Oc1ccc(C(C)(C)CC(=O)O)cc1. The highest BCUT2D eigenvalue weighted by Crippen LogP contribution is 2.28. The number of carboxylic acids is 1. The minimum atomic E-state index is -0.834. The van der Waals surface area contributed by atoms with Gasteiger partial charge in [0, 0.05) is 12.3 Å². The number of benzene rings is 1. The molecule has 4 heteroatoms. The summed E-state index contributed by atoms with van der Waals surface area (Å²) < 4.78 is 4.91. The van der Waals surface area contributed by atoms with Crippen LogP contribution in [0.1, 0.15) is 32.8 Å². The smallest absolute Gasteiger partial charge is 0.308 e. The van der Waals surface area contributed by atoms with Gasteiger partial charge in [-0.1, -0.05) is 26.0 Å². The molecule has 0 heterocycles. The van der Waals surface area contributed by atoms with Crippen molar-refractivity contribution < 1.29 is 19.4 Å². The summed E-state index contributed by atoms with van der Waals surface area (Å²) in [7, 11) is 0. The van der Waals surface area contributed by atoms with Crippen LogP contribution in [0.4, 0.5) is 0 Å². The highest BCUT2D eigenvalue weighted by molar-refractivity contribution is 5.70. The van der Waals surface area contributed by atoms with Crippen LogP contribution in [0.3, 0.4) is 0 Å². The number of carbonyl (C=O) groups excluding carboxylic acids is 1. The topological polar surface area (TPSA) is 63.6 Å². The third-order valence-electron chi connectivity index (χ3n) is 2.49. The lowest BCUT2D eigenvalue weighted by Crippen LogP contribution is -2.21. The lowest BCUT2D eigenvalue weighted by molar-refractivity contribution is -0.138. The third kappa shape index (κ3) is 3.90. The zero-order chi connectivity index (χ0) is 13.1. The van der Waals surface area contributed by atoms with Crippen molar-refractivity contribution >= 4 is 11.9 Å². The molecule has 1 aromatic carbocycles. The van der Waals surface area contributed by atoms with Gasteiger partial charge in [-0.05, 0) is 17.7 Å². The van der Waals surface area contributed by atoms with Crippen molar-refractivity contribution in [3.63, 3.8) is 0 Å². The lowest BCUT2D eigenvalue weighted by atomic mass is 9.82. The van der Waals surface area contributed by atoms with Crippen LogP contribution >= 0.6 is 0 Å². The van der Waals surface area contributed by atoms with Gasteiger partial charge in [0.2, 0.25) is 0 Å². The zero-order valence-corrected chi connectivity index (χ0v) is 10.2. The van der Waals surface area contributed by atoms with Crippen LogP contribution < -0.4 is 4.74 Å². The van der Waals surface area contributed by atoms with Crippen LogP contribution in [-0.4, -0.2) is 17.0 Å². The highest BCUT2D eigenvalue weighted by atomic mass is 16.5. The van der Waals surface area contributed by atoms with Gasteiger partial charge in [0.25, 0.3) is 0 Å². The summed E-state index contributed by atoms with van der Waals surface area (Å²) in [6.45, 7) is 5.06. The molecule has 1 N–H and O–H groups in total. The summed E-state index contributed by atoms with van der Waals surface area (Å²) >= 11 is 0. The molecule has 0 spiro atoms. The number of esters is 1. The molecule has 0 aromatic heterocycles. The number of aliphatic carboxylic acids is 1. The van der Waals surface area contributed by atoms with E-state index in [0.29, 0.717) is 5.75 Å². The van der Waals surface area contributed by atoms with E-state index in [1.807, 2.05) is 13.8 Å². The van der Waals surface area contributed by atoms with Gasteiger partial charge in [0.1, 0.15) is 5.75 Å². The molecule has 0 radical (unpaired) electrons. The van der Waals surface area contributed by atoms with E-state index in [-0.39, 0.29) is 12.4 Å². The average molecular weight is 236 g/mol. The van der Waals surface area contributed by atoms with Gasteiger partial charge < -0.3 is 9.84 Å². The largest absolute Gasteiger partial charge is 0.481 e. The second kappa shape index (κ2) is 4.99. The third-order valence-corrected chi connectivity index (χ3v) is 2.49. The minimum absolute atomic E-state index is 0.0555. The van der Waals surface area contributed by atoms with Gasteiger partial charge in [-0.15, -0.1) is 0 Å². The van der Waals surface area contributed by atoms with Crippen LogP contribution in [0.2, 0.25) is 0 Å². The Morgan fingerprint density at radius 2 is 1.76 bits per heavy atom. The molecular formula is C13H16O4. The van der Waals surface area contributed by atoms with Crippen molar-refractivity contribution in [2.45, 2.75) is 32.6 Å². The summed E-state index contributed by atoms with van der Waals surface area (Å²) in [6.07, 6.45) is 0.0555. The molecule has 0 saturated heterocycles. The molecule has 4 nitrogen and oxygen atoms in total.